The average molecular weight is 358 g/mol. The van der Waals surface area contributed by atoms with Crippen LogP contribution in [-0.4, -0.2) is 23.7 Å². The number of likely N-dealkylation sites (tertiary alicyclic amines) is 1. The lowest BCUT2D eigenvalue weighted by Crippen LogP contribution is -2.52. The lowest BCUT2D eigenvalue weighted by molar-refractivity contribution is 0.0211. The minimum atomic E-state index is -1.60. The average Bonchev–Trinajstić information content (AvgIpc) is 2.51. The molecule has 0 bridgehead atoms. The van der Waals surface area contributed by atoms with Crippen LogP contribution >= 0.6 is 0 Å². The second-order valence-corrected chi connectivity index (χ2v) is 7.47. The zero-order valence-corrected chi connectivity index (χ0v) is 14.8. The van der Waals surface area contributed by atoms with Crippen molar-refractivity contribution < 1.29 is 13.2 Å². The van der Waals surface area contributed by atoms with Gasteiger partial charge in [0.2, 0.25) is 0 Å². The molecule has 0 aliphatic carbocycles. The molecule has 0 unspecified atom stereocenters. The third-order valence-electron chi connectivity index (χ3n) is 4.97. The van der Waals surface area contributed by atoms with Crippen molar-refractivity contribution in [1.82, 2.24) is 4.90 Å². The molecule has 1 saturated heterocycles. The molecule has 0 amide bonds. The van der Waals surface area contributed by atoms with Gasteiger partial charge in [0.1, 0.15) is 17.3 Å². The zero-order valence-electron chi connectivity index (χ0n) is 14.8. The summed E-state index contributed by atoms with van der Waals surface area (Å²) < 4.78 is 42.1. The Balaban J connectivity index is 1.75. The van der Waals surface area contributed by atoms with E-state index in [1.165, 1.54) is 26.0 Å². The van der Waals surface area contributed by atoms with Crippen LogP contribution in [0.25, 0.3) is 0 Å². The Labute approximate surface area is 151 Å². The van der Waals surface area contributed by atoms with Gasteiger partial charge < -0.3 is 0 Å². The molecule has 2 aromatic carbocycles. The minimum Gasteiger partial charge on any atom is -0.298 e. The Hall–Kier alpha value is -2.32. The van der Waals surface area contributed by atoms with Crippen molar-refractivity contribution >= 4 is 0 Å². The first-order chi connectivity index (χ1) is 12.3. The van der Waals surface area contributed by atoms with Crippen molar-refractivity contribution in [2.45, 2.75) is 32.0 Å². The van der Waals surface area contributed by atoms with Crippen molar-refractivity contribution in [1.29, 1.82) is 5.26 Å². The SMILES string of the molecule is CC(C)(F)[C@H](c1cc(F)cc(F)c1)C1CN(Cc2ccccc2C#N)C1. The van der Waals surface area contributed by atoms with Crippen LogP contribution in [0, 0.1) is 28.9 Å². The summed E-state index contributed by atoms with van der Waals surface area (Å²) >= 11 is 0. The van der Waals surface area contributed by atoms with Gasteiger partial charge >= 0.3 is 0 Å². The lowest BCUT2D eigenvalue weighted by Gasteiger charge is -2.46. The van der Waals surface area contributed by atoms with E-state index in [0.717, 1.165) is 11.6 Å². The molecule has 0 N–H and O–H groups in total. The predicted octanol–water partition coefficient (Wildman–Crippen LogP) is 4.80. The predicted molar refractivity (Wildman–Crippen MR) is 94.2 cm³/mol. The van der Waals surface area contributed by atoms with E-state index in [1.54, 1.807) is 6.07 Å². The van der Waals surface area contributed by atoms with E-state index in [0.29, 0.717) is 30.8 Å². The smallest absolute Gasteiger partial charge is 0.126 e. The number of halogens is 3. The Morgan fingerprint density at radius 1 is 1.15 bits per heavy atom. The van der Waals surface area contributed by atoms with Crippen LogP contribution < -0.4 is 0 Å². The summed E-state index contributed by atoms with van der Waals surface area (Å²) in [6.45, 7) is 4.76. The highest BCUT2D eigenvalue weighted by atomic mass is 19.1. The second kappa shape index (κ2) is 7.13. The van der Waals surface area contributed by atoms with E-state index in [-0.39, 0.29) is 5.92 Å². The third kappa shape index (κ3) is 3.91. The van der Waals surface area contributed by atoms with E-state index in [2.05, 4.69) is 11.0 Å². The summed E-state index contributed by atoms with van der Waals surface area (Å²) in [5.74, 6) is -2.00. The summed E-state index contributed by atoms with van der Waals surface area (Å²) in [7, 11) is 0. The van der Waals surface area contributed by atoms with Crippen LogP contribution in [-0.2, 0) is 6.54 Å². The van der Waals surface area contributed by atoms with Gasteiger partial charge in [-0.15, -0.1) is 0 Å². The first-order valence-corrected chi connectivity index (χ1v) is 8.63. The van der Waals surface area contributed by atoms with Crippen LogP contribution in [0.3, 0.4) is 0 Å². The van der Waals surface area contributed by atoms with Gasteiger partial charge in [-0.25, -0.2) is 13.2 Å². The molecule has 0 saturated carbocycles. The molecular formula is C21H21F3N2. The molecule has 26 heavy (non-hydrogen) atoms. The largest absolute Gasteiger partial charge is 0.298 e. The Bertz CT molecular complexity index is 810. The molecule has 136 valence electrons. The van der Waals surface area contributed by atoms with Crippen molar-refractivity contribution in [3.05, 3.63) is 70.8 Å². The number of hydrogen-bond donors (Lipinski definition) is 0. The molecule has 1 aliphatic rings. The maximum Gasteiger partial charge on any atom is 0.126 e. The van der Waals surface area contributed by atoms with Crippen LogP contribution in [0.1, 0.15) is 36.5 Å². The van der Waals surface area contributed by atoms with Crippen molar-refractivity contribution in [2.24, 2.45) is 5.92 Å². The molecule has 2 nitrogen and oxygen atoms in total. The number of benzene rings is 2. The van der Waals surface area contributed by atoms with Crippen molar-refractivity contribution in [3.63, 3.8) is 0 Å². The molecule has 1 heterocycles. The van der Waals surface area contributed by atoms with Crippen molar-refractivity contribution in [3.8, 4) is 6.07 Å². The first-order valence-electron chi connectivity index (χ1n) is 8.63. The lowest BCUT2D eigenvalue weighted by atomic mass is 9.73. The number of alkyl halides is 1. The number of nitriles is 1. The number of hydrogen-bond acceptors (Lipinski definition) is 2. The highest BCUT2D eigenvalue weighted by Crippen LogP contribution is 2.42. The van der Waals surface area contributed by atoms with Crippen LogP contribution in [0.4, 0.5) is 13.2 Å². The fraction of sp³-hybridized carbons (Fsp3) is 0.381. The Morgan fingerprint density at radius 2 is 1.77 bits per heavy atom. The second-order valence-electron chi connectivity index (χ2n) is 7.47. The third-order valence-corrected chi connectivity index (χ3v) is 4.97. The van der Waals surface area contributed by atoms with E-state index < -0.39 is 23.2 Å². The van der Waals surface area contributed by atoms with Crippen LogP contribution in [0.15, 0.2) is 42.5 Å². The summed E-state index contributed by atoms with van der Waals surface area (Å²) in [6.07, 6.45) is 0. The fourth-order valence-electron chi connectivity index (χ4n) is 3.94. The molecule has 0 spiro atoms. The standard InChI is InChI=1S/C21H21F3N2/c1-21(2,24)20(16-7-18(22)9-19(23)8-16)17-12-26(13-17)11-15-6-4-3-5-14(15)10-25/h3-9,17,20H,11-13H2,1-2H3/t20-/m1/s1. The van der Waals surface area contributed by atoms with E-state index in [1.807, 2.05) is 18.2 Å². The summed E-state index contributed by atoms with van der Waals surface area (Å²) in [5, 5.41) is 9.18. The van der Waals surface area contributed by atoms with Crippen molar-refractivity contribution in [2.75, 3.05) is 13.1 Å². The van der Waals surface area contributed by atoms with Gasteiger partial charge in [-0.1, -0.05) is 18.2 Å². The molecule has 0 radical (unpaired) electrons. The van der Waals surface area contributed by atoms with Gasteiger partial charge in [-0.3, -0.25) is 4.90 Å². The number of nitrogens with zero attached hydrogens (tertiary/aromatic N) is 2. The van der Waals surface area contributed by atoms with Gasteiger partial charge in [0.15, 0.2) is 0 Å². The molecule has 2 aromatic rings. The maximum atomic E-state index is 14.8. The van der Waals surface area contributed by atoms with Crippen LogP contribution in [0.2, 0.25) is 0 Å². The minimum absolute atomic E-state index is 0.0366. The first kappa shape index (κ1) is 18.5. The van der Waals surface area contributed by atoms with E-state index in [4.69, 9.17) is 0 Å². The fourth-order valence-corrected chi connectivity index (χ4v) is 3.94. The van der Waals surface area contributed by atoms with E-state index >= 15 is 0 Å². The molecule has 1 atom stereocenters. The number of rotatable bonds is 5. The molecule has 0 aromatic heterocycles. The Morgan fingerprint density at radius 3 is 2.35 bits per heavy atom. The Kier molecular flexibility index (Phi) is 5.06. The molecule has 3 rings (SSSR count). The van der Waals surface area contributed by atoms with Gasteiger partial charge in [-0.05, 0) is 49.1 Å². The van der Waals surface area contributed by atoms with Gasteiger partial charge in [0, 0.05) is 31.6 Å². The topological polar surface area (TPSA) is 27.0 Å². The van der Waals surface area contributed by atoms with Gasteiger partial charge in [-0.2, -0.15) is 5.26 Å². The monoisotopic (exact) mass is 358 g/mol. The highest BCUT2D eigenvalue weighted by Gasteiger charge is 2.43. The normalized spacial score (nSPS) is 16.8. The molecular weight excluding hydrogens is 337 g/mol. The van der Waals surface area contributed by atoms with Gasteiger partial charge in [0.05, 0.1) is 11.6 Å². The van der Waals surface area contributed by atoms with Gasteiger partial charge in [0.25, 0.3) is 0 Å². The summed E-state index contributed by atoms with van der Waals surface area (Å²) in [5.41, 5.74) is 0.325. The molecule has 1 aliphatic heterocycles. The quantitative estimate of drug-likeness (QED) is 0.768. The maximum absolute atomic E-state index is 14.8. The molecule has 1 fully saturated rings. The highest BCUT2D eigenvalue weighted by molar-refractivity contribution is 5.37. The van der Waals surface area contributed by atoms with E-state index in [9.17, 15) is 18.4 Å². The van der Waals surface area contributed by atoms with Crippen LogP contribution in [0.5, 0.6) is 0 Å². The summed E-state index contributed by atoms with van der Waals surface area (Å²) in [4.78, 5) is 2.12. The summed E-state index contributed by atoms with van der Waals surface area (Å²) in [6, 6.07) is 12.8. The zero-order chi connectivity index (χ0) is 18.9. The molecule has 5 heteroatoms.